The van der Waals surface area contributed by atoms with Crippen molar-refractivity contribution in [3.05, 3.63) is 47.4 Å². The third-order valence-corrected chi connectivity index (χ3v) is 2.49. The van der Waals surface area contributed by atoms with Crippen molar-refractivity contribution in [2.45, 2.75) is 6.92 Å². The van der Waals surface area contributed by atoms with Crippen molar-refractivity contribution in [2.75, 3.05) is 0 Å². The van der Waals surface area contributed by atoms with Gasteiger partial charge in [0.1, 0.15) is 17.3 Å². The van der Waals surface area contributed by atoms with Gasteiger partial charge in [-0.2, -0.15) is 5.10 Å². The summed E-state index contributed by atoms with van der Waals surface area (Å²) in [6, 6.07) is 5.61. The van der Waals surface area contributed by atoms with Gasteiger partial charge in [0.15, 0.2) is 0 Å². The van der Waals surface area contributed by atoms with Gasteiger partial charge >= 0.3 is 0 Å². The number of carbonyl (C=O) groups excluding carboxylic acids is 1. The van der Waals surface area contributed by atoms with Crippen molar-refractivity contribution in [2.24, 2.45) is 5.10 Å². The van der Waals surface area contributed by atoms with Gasteiger partial charge in [-0.25, -0.2) is 5.43 Å². The van der Waals surface area contributed by atoms with Gasteiger partial charge in [0.25, 0.3) is 5.91 Å². The summed E-state index contributed by atoms with van der Waals surface area (Å²) in [4.78, 5) is 11.7. The monoisotopic (exact) mass is 260 g/mol. The number of benzene rings is 1. The highest BCUT2D eigenvalue weighted by Crippen LogP contribution is 2.20. The number of aryl methyl sites for hydroxylation is 1. The van der Waals surface area contributed by atoms with E-state index in [1.165, 1.54) is 36.7 Å². The van der Waals surface area contributed by atoms with Crippen molar-refractivity contribution in [3.8, 4) is 11.5 Å². The molecule has 1 heterocycles. The van der Waals surface area contributed by atoms with E-state index in [0.29, 0.717) is 16.9 Å². The molecule has 6 heteroatoms. The Bertz CT molecular complexity index is 631. The predicted octanol–water partition coefficient (Wildman–Crippen LogP) is 1.76. The lowest BCUT2D eigenvalue weighted by Gasteiger charge is -2.00. The van der Waals surface area contributed by atoms with E-state index in [1.807, 2.05) is 0 Å². The molecule has 0 aliphatic carbocycles. The molecule has 0 fully saturated rings. The van der Waals surface area contributed by atoms with Crippen LogP contribution in [0.1, 0.15) is 21.7 Å². The van der Waals surface area contributed by atoms with Gasteiger partial charge in [-0.05, 0) is 25.1 Å². The van der Waals surface area contributed by atoms with Crippen LogP contribution in [-0.4, -0.2) is 22.3 Å². The lowest BCUT2D eigenvalue weighted by molar-refractivity contribution is 0.0953. The van der Waals surface area contributed by atoms with E-state index in [-0.39, 0.29) is 11.5 Å². The van der Waals surface area contributed by atoms with Gasteiger partial charge in [-0.1, -0.05) is 0 Å². The first-order valence-corrected chi connectivity index (χ1v) is 5.47. The highest BCUT2D eigenvalue weighted by atomic mass is 16.3. The number of hydrogen-bond donors (Lipinski definition) is 3. The molecule has 98 valence electrons. The maximum Gasteiger partial charge on any atom is 0.274 e. The summed E-state index contributed by atoms with van der Waals surface area (Å²) in [5.41, 5.74) is 3.09. The van der Waals surface area contributed by atoms with Crippen LogP contribution in [0, 0.1) is 6.92 Å². The number of hydrazone groups is 1. The number of nitrogens with zero attached hydrogens (tertiary/aromatic N) is 1. The Balaban J connectivity index is 2.04. The Morgan fingerprint density at radius 2 is 2.16 bits per heavy atom. The molecule has 0 atom stereocenters. The van der Waals surface area contributed by atoms with Crippen LogP contribution in [0.25, 0.3) is 0 Å². The van der Waals surface area contributed by atoms with Gasteiger partial charge in [-0.3, -0.25) is 4.79 Å². The molecule has 0 saturated heterocycles. The summed E-state index contributed by atoms with van der Waals surface area (Å²) in [5, 5.41) is 22.3. The first-order chi connectivity index (χ1) is 9.08. The highest BCUT2D eigenvalue weighted by Gasteiger charge is 2.09. The van der Waals surface area contributed by atoms with Crippen molar-refractivity contribution in [1.29, 1.82) is 0 Å². The fourth-order valence-corrected chi connectivity index (χ4v) is 1.48. The molecule has 0 spiro atoms. The maximum absolute atomic E-state index is 11.7. The smallest absolute Gasteiger partial charge is 0.274 e. The van der Waals surface area contributed by atoms with Crippen LogP contribution in [0.5, 0.6) is 11.5 Å². The molecule has 2 aromatic rings. The minimum atomic E-state index is -0.402. The minimum absolute atomic E-state index is 0.0484. The Morgan fingerprint density at radius 1 is 1.37 bits per heavy atom. The van der Waals surface area contributed by atoms with Crippen LogP contribution < -0.4 is 5.43 Å². The Kier molecular flexibility index (Phi) is 3.51. The van der Waals surface area contributed by atoms with Gasteiger partial charge < -0.3 is 14.6 Å². The molecule has 0 aliphatic rings. The van der Waals surface area contributed by atoms with Gasteiger partial charge in [0, 0.05) is 11.6 Å². The summed E-state index contributed by atoms with van der Waals surface area (Å²) in [7, 11) is 0. The van der Waals surface area contributed by atoms with E-state index < -0.39 is 5.91 Å². The van der Waals surface area contributed by atoms with E-state index >= 15 is 0 Å². The van der Waals surface area contributed by atoms with E-state index in [1.54, 1.807) is 6.92 Å². The van der Waals surface area contributed by atoms with Gasteiger partial charge in [0.05, 0.1) is 18.0 Å². The summed E-state index contributed by atoms with van der Waals surface area (Å²) < 4.78 is 5.00. The fourth-order valence-electron chi connectivity index (χ4n) is 1.48. The van der Waals surface area contributed by atoms with Crippen LogP contribution in [0.3, 0.4) is 0 Å². The second kappa shape index (κ2) is 5.26. The number of rotatable bonds is 3. The fraction of sp³-hybridized carbons (Fsp3) is 0.0769. The highest BCUT2D eigenvalue weighted by molar-refractivity contribution is 5.95. The van der Waals surface area contributed by atoms with Crippen LogP contribution in [0.15, 0.2) is 40.0 Å². The maximum atomic E-state index is 11.7. The molecule has 6 nitrogen and oxygen atoms in total. The van der Waals surface area contributed by atoms with Crippen LogP contribution >= 0.6 is 0 Å². The van der Waals surface area contributed by atoms with E-state index in [9.17, 15) is 9.90 Å². The van der Waals surface area contributed by atoms with Crippen LogP contribution in [0.4, 0.5) is 0 Å². The molecule has 0 aliphatic heterocycles. The molecule has 0 saturated carbocycles. The molecule has 0 bridgehead atoms. The van der Waals surface area contributed by atoms with Crippen molar-refractivity contribution >= 4 is 12.1 Å². The largest absolute Gasteiger partial charge is 0.508 e. The zero-order valence-corrected chi connectivity index (χ0v) is 10.1. The number of carbonyl (C=O) groups is 1. The molecule has 19 heavy (non-hydrogen) atoms. The molecule has 0 radical (unpaired) electrons. The standard InChI is InChI=1S/C13H12N2O4/c1-8-11(4-5-19-8)13(18)15-14-7-9-2-3-10(16)6-12(9)17/h2-7,16-17H,1H3,(H,15,18)/b14-7+. The molecular formula is C13H12N2O4. The minimum Gasteiger partial charge on any atom is -0.508 e. The summed E-state index contributed by atoms with van der Waals surface area (Å²) >= 11 is 0. The van der Waals surface area contributed by atoms with E-state index in [0.717, 1.165) is 0 Å². The Morgan fingerprint density at radius 3 is 2.79 bits per heavy atom. The van der Waals surface area contributed by atoms with Gasteiger partial charge in [-0.15, -0.1) is 0 Å². The Labute approximate surface area is 109 Å². The molecule has 3 N–H and O–H groups in total. The lowest BCUT2D eigenvalue weighted by atomic mass is 10.2. The van der Waals surface area contributed by atoms with Crippen molar-refractivity contribution < 1.29 is 19.4 Å². The summed E-state index contributed by atoms with van der Waals surface area (Å²) in [6.45, 7) is 1.67. The number of phenols is 2. The first kappa shape index (κ1) is 12.7. The quantitative estimate of drug-likeness (QED) is 0.579. The van der Waals surface area contributed by atoms with Gasteiger partial charge in [0.2, 0.25) is 0 Å². The van der Waals surface area contributed by atoms with Crippen molar-refractivity contribution in [3.63, 3.8) is 0 Å². The lowest BCUT2D eigenvalue weighted by Crippen LogP contribution is -2.17. The number of nitrogens with one attached hydrogen (secondary N) is 1. The molecule has 1 amide bonds. The van der Waals surface area contributed by atoms with E-state index in [2.05, 4.69) is 10.5 Å². The topological polar surface area (TPSA) is 95.1 Å². The summed E-state index contributed by atoms with van der Waals surface area (Å²) in [6.07, 6.45) is 2.70. The van der Waals surface area contributed by atoms with Crippen LogP contribution in [-0.2, 0) is 0 Å². The number of phenolic OH excluding ortho intramolecular Hbond substituents is 2. The number of aromatic hydroxyl groups is 2. The predicted molar refractivity (Wildman–Crippen MR) is 68.3 cm³/mol. The van der Waals surface area contributed by atoms with Crippen molar-refractivity contribution in [1.82, 2.24) is 5.43 Å². The molecule has 0 unspecified atom stereocenters. The number of furan rings is 1. The second-order valence-corrected chi connectivity index (χ2v) is 3.83. The third-order valence-electron chi connectivity index (χ3n) is 2.49. The SMILES string of the molecule is Cc1occc1C(=O)N/N=C/c1ccc(O)cc1O. The normalized spacial score (nSPS) is 10.8. The zero-order chi connectivity index (χ0) is 13.8. The summed E-state index contributed by atoms with van der Waals surface area (Å²) in [5.74, 6) is -0.0776. The number of hydrogen-bond acceptors (Lipinski definition) is 5. The average Bonchev–Trinajstić information content (AvgIpc) is 2.78. The number of amides is 1. The third kappa shape index (κ3) is 2.92. The van der Waals surface area contributed by atoms with E-state index in [4.69, 9.17) is 9.52 Å². The van der Waals surface area contributed by atoms with Crippen LogP contribution in [0.2, 0.25) is 0 Å². The Hall–Kier alpha value is -2.76. The first-order valence-electron chi connectivity index (χ1n) is 5.47. The average molecular weight is 260 g/mol. The molecule has 1 aromatic heterocycles. The second-order valence-electron chi connectivity index (χ2n) is 3.83. The molecular weight excluding hydrogens is 248 g/mol. The molecule has 1 aromatic carbocycles. The molecule has 2 rings (SSSR count). The zero-order valence-electron chi connectivity index (χ0n) is 10.1.